The highest BCUT2D eigenvalue weighted by molar-refractivity contribution is 5.80. The third-order valence-corrected chi connectivity index (χ3v) is 6.89. The highest BCUT2D eigenvalue weighted by Gasteiger charge is 2.12. The molecule has 0 saturated carbocycles. The summed E-state index contributed by atoms with van der Waals surface area (Å²) in [5, 5.41) is 0. The molecular weight excluding hydrogens is 404 g/mol. The van der Waals surface area contributed by atoms with Crippen LogP contribution in [0.25, 0.3) is 22.4 Å². The smallest absolute Gasteiger partial charge is 0.180 e. The molecule has 0 spiro atoms. The van der Waals surface area contributed by atoms with Gasteiger partial charge in [0.1, 0.15) is 0 Å². The van der Waals surface area contributed by atoms with Crippen LogP contribution in [0.2, 0.25) is 0 Å². The molecule has 1 aliphatic heterocycles. The summed E-state index contributed by atoms with van der Waals surface area (Å²) in [6.45, 7) is 3.23. The van der Waals surface area contributed by atoms with E-state index in [2.05, 4.69) is 29.7 Å². The van der Waals surface area contributed by atoms with Crippen LogP contribution in [-0.2, 0) is 6.54 Å². The van der Waals surface area contributed by atoms with Crippen molar-refractivity contribution in [3.05, 3.63) is 52.7 Å². The summed E-state index contributed by atoms with van der Waals surface area (Å²) in [6, 6.07) is 13.5. The van der Waals surface area contributed by atoms with Crippen LogP contribution in [0.3, 0.4) is 0 Å². The Labute approximate surface area is 201 Å². The molecule has 1 aromatic carbocycles. The number of benzene rings is 2. The Kier molecular flexibility index (Phi) is 11.5. The van der Waals surface area contributed by atoms with Crippen molar-refractivity contribution < 1.29 is 0 Å². The number of hydrogen-bond acceptors (Lipinski definition) is 2. The second-order valence-corrected chi connectivity index (χ2v) is 9.71. The Bertz CT molecular complexity index is 961. The molecule has 1 aliphatic carbocycles. The van der Waals surface area contributed by atoms with Crippen LogP contribution in [0.5, 0.6) is 0 Å². The number of nitrogens with zero attached hydrogens (tertiary/aromatic N) is 2. The summed E-state index contributed by atoms with van der Waals surface area (Å²) in [6.07, 6.45) is 22.1. The predicted molar refractivity (Wildman–Crippen MR) is 142 cm³/mol. The lowest BCUT2D eigenvalue weighted by Crippen LogP contribution is -2.11. The van der Waals surface area contributed by atoms with Crippen LogP contribution in [0.1, 0.15) is 110 Å². The standard InChI is InChI=1S/C30H44N2O/c1-2-3-4-5-6-7-8-9-10-11-12-13-14-15-16-19-24-32-29-21-18-17-20-27(29)31-28-23-22-26(33)25-30(28)32/h17-18,20-23,25H,2-16,19,24H2,1H3. The molecule has 0 bridgehead atoms. The van der Waals surface area contributed by atoms with Gasteiger partial charge >= 0.3 is 0 Å². The Balaban J connectivity index is 1.28. The van der Waals surface area contributed by atoms with Crippen LogP contribution in [0.15, 0.2) is 47.3 Å². The Morgan fingerprint density at radius 3 is 1.82 bits per heavy atom. The van der Waals surface area contributed by atoms with Gasteiger partial charge in [-0.25, -0.2) is 4.98 Å². The minimum Gasteiger partial charge on any atom is -0.338 e. The second kappa shape index (κ2) is 14.9. The van der Waals surface area contributed by atoms with E-state index in [0.29, 0.717) is 0 Å². The number of fused-ring (bicyclic) bond motifs is 2. The molecule has 33 heavy (non-hydrogen) atoms. The van der Waals surface area contributed by atoms with E-state index in [1.54, 1.807) is 12.1 Å². The average molecular weight is 449 g/mol. The summed E-state index contributed by atoms with van der Waals surface area (Å²) >= 11 is 0. The van der Waals surface area contributed by atoms with Crippen LogP contribution in [0, 0.1) is 0 Å². The van der Waals surface area contributed by atoms with Crippen LogP contribution in [-0.4, -0.2) is 9.55 Å². The molecule has 0 saturated heterocycles. The van der Waals surface area contributed by atoms with E-state index in [4.69, 9.17) is 4.98 Å². The lowest BCUT2D eigenvalue weighted by atomic mass is 10.0. The van der Waals surface area contributed by atoms with Gasteiger partial charge in [0, 0.05) is 12.6 Å². The summed E-state index contributed by atoms with van der Waals surface area (Å²) in [7, 11) is 0. The molecule has 0 aromatic heterocycles. The quantitative estimate of drug-likeness (QED) is 0.153. The summed E-state index contributed by atoms with van der Waals surface area (Å²) < 4.78 is 2.29. The van der Waals surface area contributed by atoms with Gasteiger partial charge in [-0.05, 0) is 30.7 Å². The van der Waals surface area contributed by atoms with Crippen molar-refractivity contribution >= 4 is 11.0 Å². The van der Waals surface area contributed by atoms with E-state index in [9.17, 15) is 4.79 Å². The van der Waals surface area contributed by atoms with Gasteiger partial charge in [0.25, 0.3) is 0 Å². The molecule has 0 fully saturated rings. The van der Waals surface area contributed by atoms with Gasteiger partial charge in [0.15, 0.2) is 5.43 Å². The van der Waals surface area contributed by atoms with E-state index in [-0.39, 0.29) is 5.43 Å². The van der Waals surface area contributed by atoms with Crippen molar-refractivity contribution in [1.29, 1.82) is 0 Å². The molecule has 0 radical (unpaired) electrons. The zero-order chi connectivity index (χ0) is 23.1. The minimum absolute atomic E-state index is 0.0558. The molecule has 0 N–H and O–H groups in total. The maximum absolute atomic E-state index is 12.0. The largest absolute Gasteiger partial charge is 0.338 e. The van der Waals surface area contributed by atoms with Gasteiger partial charge in [-0.1, -0.05) is 115 Å². The van der Waals surface area contributed by atoms with Gasteiger partial charge in [-0.15, -0.1) is 0 Å². The monoisotopic (exact) mass is 448 g/mol. The maximum Gasteiger partial charge on any atom is 0.180 e. The van der Waals surface area contributed by atoms with E-state index in [0.717, 1.165) is 35.4 Å². The molecule has 0 atom stereocenters. The Hall–Kier alpha value is -2.16. The normalized spacial score (nSPS) is 11.5. The first-order valence-corrected chi connectivity index (χ1v) is 13.7. The lowest BCUT2D eigenvalue weighted by Gasteiger charge is -2.18. The highest BCUT2D eigenvalue weighted by atomic mass is 16.1. The number of unbranched alkanes of at least 4 members (excludes halogenated alkanes) is 15. The predicted octanol–water partition coefficient (Wildman–Crippen LogP) is 8.76. The second-order valence-electron chi connectivity index (χ2n) is 9.71. The van der Waals surface area contributed by atoms with Crippen molar-refractivity contribution in [1.82, 2.24) is 9.55 Å². The number of para-hydroxylation sites is 2. The maximum atomic E-state index is 12.0. The lowest BCUT2D eigenvalue weighted by molar-refractivity contribution is 0.522. The number of hydrogen-bond donors (Lipinski definition) is 0. The molecule has 3 rings (SSSR count). The van der Waals surface area contributed by atoms with Crippen molar-refractivity contribution in [2.45, 2.75) is 116 Å². The fraction of sp³-hybridized carbons (Fsp3) is 0.600. The molecular formula is C30H44N2O. The number of aryl methyl sites for hydroxylation is 1. The first-order chi connectivity index (χ1) is 16.3. The van der Waals surface area contributed by atoms with Gasteiger partial charge in [0.05, 0.1) is 22.4 Å². The average Bonchev–Trinajstić information content (AvgIpc) is 2.83. The van der Waals surface area contributed by atoms with Crippen molar-refractivity contribution in [3.8, 4) is 11.4 Å². The molecule has 0 amide bonds. The highest BCUT2D eigenvalue weighted by Crippen LogP contribution is 2.25. The molecule has 1 heterocycles. The summed E-state index contributed by atoms with van der Waals surface area (Å²) in [5.74, 6) is 0. The molecule has 180 valence electrons. The van der Waals surface area contributed by atoms with Gasteiger partial charge < -0.3 is 4.57 Å². The zero-order valence-corrected chi connectivity index (χ0v) is 20.9. The fourth-order valence-corrected chi connectivity index (χ4v) is 4.92. The van der Waals surface area contributed by atoms with Crippen LogP contribution < -0.4 is 5.43 Å². The molecule has 0 unspecified atom stereocenters. The third kappa shape index (κ3) is 8.61. The van der Waals surface area contributed by atoms with E-state index in [1.165, 1.54) is 96.3 Å². The topological polar surface area (TPSA) is 34.9 Å². The van der Waals surface area contributed by atoms with Crippen LogP contribution in [0.4, 0.5) is 0 Å². The Morgan fingerprint density at radius 2 is 1.21 bits per heavy atom. The van der Waals surface area contributed by atoms with Crippen molar-refractivity contribution in [3.63, 3.8) is 0 Å². The fourth-order valence-electron chi connectivity index (χ4n) is 4.92. The molecule has 1 aromatic rings. The SMILES string of the molecule is CCCCCCCCCCCCCCCCCCn1c2cc(=O)ccc-2nc2ccccc21. The van der Waals surface area contributed by atoms with E-state index >= 15 is 0 Å². The minimum atomic E-state index is 0.0558. The third-order valence-electron chi connectivity index (χ3n) is 6.89. The zero-order valence-electron chi connectivity index (χ0n) is 20.9. The molecule has 2 aliphatic rings. The van der Waals surface area contributed by atoms with Crippen molar-refractivity contribution in [2.75, 3.05) is 0 Å². The van der Waals surface area contributed by atoms with Gasteiger partial charge in [-0.3, -0.25) is 4.79 Å². The van der Waals surface area contributed by atoms with Crippen LogP contribution >= 0.6 is 0 Å². The first kappa shape index (κ1) is 25.5. The van der Waals surface area contributed by atoms with Gasteiger partial charge in [0.2, 0.25) is 0 Å². The summed E-state index contributed by atoms with van der Waals surface area (Å²) in [4.78, 5) is 16.7. The van der Waals surface area contributed by atoms with E-state index < -0.39 is 0 Å². The first-order valence-electron chi connectivity index (χ1n) is 13.7. The van der Waals surface area contributed by atoms with Crippen molar-refractivity contribution in [2.24, 2.45) is 0 Å². The molecule has 3 nitrogen and oxygen atoms in total. The van der Waals surface area contributed by atoms with Gasteiger partial charge in [-0.2, -0.15) is 0 Å². The number of rotatable bonds is 17. The summed E-state index contributed by atoms with van der Waals surface area (Å²) in [5.41, 5.74) is 4.05. The van der Waals surface area contributed by atoms with E-state index in [1.807, 2.05) is 12.1 Å². The molecule has 3 heteroatoms. The Morgan fingerprint density at radius 1 is 0.667 bits per heavy atom. The number of aromatic nitrogens is 2.